The molecular weight excluding hydrogens is 278 g/mol. The number of amides is 1. The van der Waals surface area contributed by atoms with Crippen LogP contribution in [0.3, 0.4) is 0 Å². The second-order valence-corrected chi connectivity index (χ2v) is 6.35. The number of carbonyl (C=O) groups is 1. The molecule has 0 unspecified atom stereocenters. The van der Waals surface area contributed by atoms with Gasteiger partial charge in [-0.25, -0.2) is 0 Å². The molecule has 0 aliphatic heterocycles. The van der Waals surface area contributed by atoms with E-state index in [1.807, 2.05) is 6.92 Å². The zero-order valence-electron chi connectivity index (χ0n) is 11.7. The topological polar surface area (TPSA) is 92.5 Å². The van der Waals surface area contributed by atoms with Crippen molar-refractivity contribution >= 4 is 16.1 Å². The van der Waals surface area contributed by atoms with E-state index in [-0.39, 0.29) is 0 Å². The highest BCUT2D eigenvalue weighted by Crippen LogP contribution is 2.14. The minimum absolute atomic E-state index is 0.395. The van der Waals surface area contributed by atoms with Crippen LogP contribution in [-0.2, 0) is 15.0 Å². The lowest BCUT2D eigenvalue weighted by atomic mass is 10.1. The zero-order valence-corrected chi connectivity index (χ0v) is 12.6. The molecule has 112 valence electrons. The molecule has 0 saturated carbocycles. The van der Waals surface area contributed by atoms with Crippen LogP contribution in [0, 0.1) is 0 Å². The molecule has 3 N–H and O–H groups in total. The van der Waals surface area contributed by atoms with Crippen LogP contribution in [0.5, 0.6) is 0 Å². The first-order chi connectivity index (χ1) is 9.38. The Bertz CT molecular complexity index is 531. The van der Waals surface area contributed by atoms with Gasteiger partial charge in [0.2, 0.25) is 5.91 Å². The molecule has 1 aromatic carbocycles. The summed E-state index contributed by atoms with van der Waals surface area (Å²) in [5.74, 6) is -0.733. The van der Waals surface area contributed by atoms with Gasteiger partial charge in [-0.15, -0.1) is 0 Å². The maximum absolute atomic E-state index is 12.1. The van der Waals surface area contributed by atoms with Gasteiger partial charge in [0.05, 0.1) is 0 Å². The lowest BCUT2D eigenvalue weighted by molar-refractivity contribution is -0.119. The minimum Gasteiger partial charge on any atom is -0.368 e. The van der Waals surface area contributed by atoms with E-state index in [1.165, 1.54) is 11.4 Å². The van der Waals surface area contributed by atoms with E-state index in [0.717, 1.165) is 12.8 Å². The van der Waals surface area contributed by atoms with Gasteiger partial charge in [0.15, 0.2) is 0 Å². The summed E-state index contributed by atoms with van der Waals surface area (Å²) in [6.07, 6.45) is 1.64. The Balaban J connectivity index is 2.88. The Hall–Kier alpha value is -1.44. The molecule has 0 aliphatic rings. The molecule has 1 rings (SSSR count). The van der Waals surface area contributed by atoms with Crippen LogP contribution in [0.2, 0.25) is 0 Å². The molecule has 1 amide bonds. The molecule has 0 bridgehead atoms. The Morgan fingerprint density at radius 2 is 1.95 bits per heavy atom. The van der Waals surface area contributed by atoms with Crippen molar-refractivity contribution in [1.29, 1.82) is 0 Å². The summed E-state index contributed by atoms with van der Waals surface area (Å²) in [5.41, 5.74) is 5.81. The number of hydrogen-bond acceptors (Lipinski definition) is 3. The van der Waals surface area contributed by atoms with E-state index < -0.39 is 22.2 Å². The molecule has 0 fully saturated rings. The number of benzene rings is 1. The first kappa shape index (κ1) is 16.6. The highest BCUT2D eigenvalue weighted by atomic mass is 32.2. The van der Waals surface area contributed by atoms with Crippen molar-refractivity contribution in [1.82, 2.24) is 9.03 Å². The van der Waals surface area contributed by atoms with Crippen molar-refractivity contribution in [3.63, 3.8) is 0 Å². The lowest BCUT2D eigenvalue weighted by Crippen LogP contribution is -2.44. The number of hydrogen-bond donors (Lipinski definition) is 2. The van der Waals surface area contributed by atoms with Gasteiger partial charge < -0.3 is 5.73 Å². The molecule has 6 nitrogen and oxygen atoms in total. The average molecular weight is 299 g/mol. The zero-order chi connectivity index (χ0) is 15.2. The summed E-state index contributed by atoms with van der Waals surface area (Å²) in [5, 5.41) is 0. The van der Waals surface area contributed by atoms with Crippen molar-refractivity contribution in [2.45, 2.75) is 25.8 Å². The Labute approximate surface area is 120 Å². The van der Waals surface area contributed by atoms with Crippen LogP contribution in [0.4, 0.5) is 0 Å². The number of nitrogens with zero attached hydrogens (tertiary/aromatic N) is 1. The molecule has 1 aromatic rings. The number of unbranched alkanes of at least 4 members (excludes halogenated alkanes) is 1. The predicted octanol–water partition coefficient (Wildman–Crippen LogP) is 0.779. The maximum atomic E-state index is 12.1. The van der Waals surface area contributed by atoms with Gasteiger partial charge in [0.1, 0.15) is 6.04 Å². The van der Waals surface area contributed by atoms with Crippen molar-refractivity contribution in [2.24, 2.45) is 5.73 Å². The van der Waals surface area contributed by atoms with Gasteiger partial charge >= 0.3 is 0 Å². The highest BCUT2D eigenvalue weighted by Gasteiger charge is 2.26. The quantitative estimate of drug-likeness (QED) is 0.743. The summed E-state index contributed by atoms with van der Waals surface area (Å²) in [4.78, 5) is 11.5. The summed E-state index contributed by atoms with van der Waals surface area (Å²) in [6, 6.07) is 7.48. The summed E-state index contributed by atoms with van der Waals surface area (Å²) in [6.45, 7) is 2.37. The summed E-state index contributed by atoms with van der Waals surface area (Å²) >= 11 is 0. The minimum atomic E-state index is -3.74. The van der Waals surface area contributed by atoms with Gasteiger partial charge in [0.25, 0.3) is 10.2 Å². The number of nitrogens with two attached hydrogens (primary N) is 1. The van der Waals surface area contributed by atoms with Crippen LogP contribution in [0.1, 0.15) is 31.4 Å². The third-order valence-electron chi connectivity index (χ3n) is 2.92. The lowest BCUT2D eigenvalue weighted by Gasteiger charge is -2.21. The molecule has 1 atom stereocenters. The van der Waals surface area contributed by atoms with Crippen molar-refractivity contribution in [3.8, 4) is 0 Å². The van der Waals surface area contributed by atoms with Crippen LogP contribution >= 0.6 is 0 Å². The smallest absolute Gasteiger partial charge is 0.280 e. The standard InChI is InChI=1S/C13H21N3O3S/c1-3-4-10-16(2)20(18,19)15-12(13(14)17)11-8-6-5-7-9-11/h5-9,12,15H,3-4,10H2,1-2H3,(H2,14,17)/t12-/m1/s1. The third kappa shape index (κ3) is 4.59. The fourth-order valence-electron chi connectivity index (χ4n) is 1.68. The number of rotatable bonds is 8. The van der Waals surface area contributed by atoms with Gasteiger partial charge in [-0.1, -0.05) is 43.7 Å². The molecule has 0 heterocycles. The Kier molecular flexibility index (Phi) is 6.12. The molecule has 7 heteroatoms. The fourth-order valence-corrected chi connectivity index (χ4v) is 2.78. The molecule has 0 aliphatic carbocycles. The summed E-state index contributed by atoms with van der Waals surface area (Å²) in [7, 11) is -2.27. The monoisotopic (exact) mass is 299 g/mol. The Morgan fingerprint density at radius 3 is 2.45 bits per heavy atom. The third-order valence-corrected chi connectivity index (χ3v) is 4.46. The second-order valence-electron chi connectivity index (χ2n) is 4.54. The maximum Gasteiger partial charge on any atom is 0.280 e. The summed E-state index contributed by atoms with van der Waals surface area (Å²) < 4.78 is 27.8. The van der Waals surface area contributed by atoms with E-state index in [4.69, 9.17) is 5.73 Å². The normalized spacial score (nSPS) is 13.3. The molecule has 0 spiro atoms. The molecule has 0 saturated heterocycles. The number of nitrogens with one attached hydrogen (secondary N) is 1. The van der Waals surface area contributed by atoms with Gasteiger partial charge in [-0.3, -0.25) is 4.79 Å². The number of carbonyl (C=O) groups excluding carboxylic acids is 1. The average Bonchev–Trinajstić information content (AvgIpc) is 2.42. The van der Waals surface area contributed by atoms with E-state index in [2.05, 4.69) is 4.72 Å². The van der Waals surface area contributed by atoms with Crippen LogP contribution in [0.15, 0.2) is 30.3 Å². The molecular formula is C13H21N3O3S. The largest absolute Gasteiger partial charge is 0.368 e. The van der Waals surface area contributed by atoms with Gasteiger partial charge in [-0.2, -0.15) is 17.4 Å². The van der Waals surface area contributed by atoms with Crippen molar-refractivity contribution < 1.29 is 13.2 Å². The van der Waals surface area contributed by atoms with E-state index in [9.17, 15) is 13.2 Å². The van der Waals surface area contributed by atoms with E-state index in [0.29, 0.717) is 12.1 Å². The van der Waals surface area contributed by atoms with E-state index in [1.54, 1.807) is 30.3 Å². The van der Waals surface area contributed by atoms with Gasteiger partial charge in [-0.05, 0) is 12.0 Å². The van der Waals surface area contributed by atoms with Crippen molar-refractivity contribution in [3.05, 3.63) is 35.9 Å². The second kappa shape index (κ2) is 7.37. The van der Waals surface area contributed by atoms with Crippen LogP contribution < -0.4 is 10.5 Å². The van der Waals surface area contributed by atoms with Crippen molar-refractivity contribution in [2.75, 3.05) is 13.6 Å². The molecule has 0 aromatic heterocycles. The van der Waals surface area contributed by atoms with Gasteiger partial charge in [0, 0.05) is 13.6 Å². The number of primary amides is 1. The molecule has 20 heavy (non-hydrogen) atoms. The first-order valence-corrected chi connectivity index (χ1v) is 7.90. The first-order valence-electron chi connectivity index (χ1n) is 6.46. The fraction of sp³-hybridized carbons (Fsp3) is 0.462. The van der Waals surface area contributed by atoms with Crippen LogP contribution in [-0.4, -0.2) is 32.2 Å². The SMILES string of the molecule is CCCCN(C)S(=O)(=O)N[C@@H](C(N)=O)c1ccccc1. The predicted molar refractivity (Wildman–Crippen MR) is 78.0 cm³/mol. The highest BCUT2D eigenvalue weighted by molar-refractivity contribution is 7.87. The van der Waals surface area contributed by atoms with E-state index >= 15 is 0 Å². The van der Waals surface area contributed by atoms with Crippen LogP contribution in [0.25, 0.3) is 0 Å². The molecule has 0 radical (unpaired) electrons. The Morgan fingerprint density at radius 1 is 1.35 bits per heavy atom.